The van der Waals surface area contributed by atoms with Gasteiger partial charge < -0.3 is 5.21 Å². The number of hydrogen-bond acceptors (Lipinski definition) is 5. The summed E-state index contributed by atoms with van der Waals surface area (Å²) in [6, 6.07) is 2.03. The number of halogens is 5. The van der Waals surface area contributed by atoms with Crippen molar-refractivity contribution in [1.29, 1.82) is 4.78 Å². The summed E-state index contributed by atoms with van der Waals surface area (Å²) in [5, 5.41) is 13.2. The zero-order valence-corrected chi connectivity index (χ0v) is 19.3. The summed E-state index contributed by atoms with van der Waals surface area (Å²) in [5.74, 6) is -5.13. The van der Waals surface area contributed by atoms with E-state index in [2.05, 4.69) is 10.1 Å². The number of pyridine rings is 1. The molecule has 2 aromatic heterocycles. The standard InChI is InChI=1S/C21H22F5N5O3S/c1-35(27,34)14-6-13(4-5-31(14)33)28-18(32)17-15(21(24,25)26)16(12-2-3-12)29-30(17)10-19-7-11(8-19)9-20(19,22)23/h4-6,11-12,27,33H,2-3,7-10H2,1H3. The molecule has 2 N–H and O–H groups in total. The monoisotopic (exact) mass is 519 g/mol. The quantitative estimate of drug-likeness (QED) is 0.459. The predicted octanol–water partition coefficient (Wildman–Crippen LogP) is 4.03. The fourth-order valence-corrected chi connectivity index (χ4v) is 6.09. The van der Waals surface area contributed by atoms with Crippen LogP contribution in [-0.2, 0) is 22.5 Å². The van der Waals surface area contributed by atoms with Gasteiger partial charge in [-0.25, -0.2) is 22.8 Å². The first-order chi connectivity index (χ1) is 16.1. The van der Waals surface area contributed by atoms with E-state index in [1.54, 1.807) is 0 Å². The van der Waals surface area contributed by atoms with Gasteiger partial charge in [-0.1, -0.05) is 0 Å². The normalized spacial score (nSPS) is 27.5. The molecule has 0 saturated heterocycles. The van der Waals surface area contributed by atoms with E-state index >= 15 is 0 Å². The fraction of sp³-hybridized carbons (Fsp3) is 0.571. The minimum absolute atomic E-state index is 0.150. The summed E-state index contributed by atoms with van der Waals surface area (Å²) in [6.45, 7) is -0.533. The van der Waals surface area contributed by atoms with Gasteiger partial charge in [-0.05, 0) is 37.7 Å². The SMILES string of the molecule is CS(=N)(=O)c1cc(=NC(=O)c2c(C(F)(F)F)c(C3CC3)nn2CC23CC(CC2(F)F)C3)ccn1O. The van der Waals surface area contributed by atoms with Crippen molar-refractivity contribution in [3.05, 3.63) is 40.6 Å². The van der Waals surface area contributed by atoms with E-state index in [1.807, 2.05) is 0 Å². The summed E-state index contributed by atoms with van der Waals surface area (Å²) in [4.78, 5) is 16.9. The van der Waals surface area contributed by atoms with Gasteiger partial charge >= 0.3 is 6.18 Å². The Bertz CT molecular complexity index is 1400. The number of aromatic nitrogens is 3. The minimum Gasteiger partial charge on any atom is -0.428 e. The summed E-state index contributed by atoms with van der Waals surface area (Å²) in [5.41, 5.74) is -4.07. The van der Waals surface area contributed by atoms with E-state index in [4.69, 9.17) is 4.78 Å². The van der Waals surface area contributed by atoms with Gasteiger partial charge in [0, 0.05) is 30.9 Å². The Hall–Kier alpha value is -2.77. The molecule has 0 aliphatic heterocycles. The second kappa shape index (κ2) is 7.37. The Labute approximate surface area is 196 Å². The second-order valence-corrected chi connectivity index (χ2v) is 11.9. The Morgan fingerprint density at radius 3 is 2.49 bits per heavy atom. The molecular weight excluding hydrogens is 497 g/mol. The van der Waals surface area contributed by atoms with E-state index in [0.717, 1.165) is 29.3 Å². The van der Waals surface area contributed by atoms with Crippen molar-refractivity contribution in [2.45, 2.75) is 61.7 Å². The highest BCUT2D eigenvalue weighted by molar-refractivity contribution is 7.91. The topological polar surface area (TPSA) is 113 Å². The number of carbonyl (C=O) groups is 1. The van der Waals surface area contributed by atoms with Gasteiger partial charge in [0.05, 0.1) is 32.7 Å². The molecule has 4 fully saturated rings. The Kier molecular flexibility index (Phi) is 5.04. The van der Waals surface area contributed by atoms with Crippen LogP contribution in [0.1, 0.15) is 59.8 Å². The van der Waals surface area contributed by atoms with Gasteiger partial charge in [0.25, 0.3) is 11.8 Å². The van der Waals surface area contributed by atoms with Crippen LogP contribution < -0.4 is 5.36 Å². The van der Waals surface area contributed by atoms with Gasteiger partial charge in [0.1, 0.15) is 11.3 Å². The van der Waals surface area contributed by atoms with E-state index in [0.29, 0.717) is 17.6 Å². The fourth-order valence-electron chi connectivity index (χ4n) is 5.32. The molecule has 6 rings (SSSR count). The molecule has 1 unspecified atom stereocenters. The maximum atomic E-state index is 14.7. The highest BCUT2D eigenvalue weighted by Gasteiger charge is 2.69. The van der Waals surface area contributed by atoms with Crippen LogP contribution in [0.4, 0.5) is 22.0 Å². The lowest BCUT2D eigenvalue weighted by molar-refractivity contribution is -0.138. The molecule has 2 bridgehead atoms. The lowest BCUT2D eigenvalue weighted by atomic mass is 9.68. The highest BCUT2D eigenvalue weighted by Crippen LogP contribution is 2.67. The molecule has 0 spiro atoms. The molecule has 190 valence electrons. The van der Waals surface area contributed by atoms with Crippen LogP contribution >= 0.6 is 0 Å². The average molecular weight is 519 g/mol. The number of nitrogens with zero attached hydrogens (tertiary/aromatic N) is 4. The lowest BCUT2D eigenvalue weighted by Crippen LogP contribution is -2.43. The van der Waals surface area contributed by atoms with Crippen LogP contribution in [0.15, 0.2) is 28.3 Å². The molecule has 4 saturated carbocycles. The summed E-state index contributed by atoms with van der Waals surface area (Å²) in [7, 11) is -3.47. The first-order valence-corrected chi connectivity index (χ1v) is 12.9. The van der Waals surface area contributed by atoms with Gasteiger partial charge in [-0.15, -0.1) is 0 Å². The Balaban J connectivity index is 1.65. The number of rotatable bonds is 5. The molecule has 2 heterocycles. The number of nitrogens with one attached hydrogen (secondary N) is 1. The first-order valence-electron chi connectivity index (χ1n) is 10.9. The Morgan fingerprint density at radius 2 is 1.97 bits per heavy atom. The molecule has 4 aliphatic carbocycles. The molecule has 35 heavy (non-hydrogen) atoms. The van der Waals surface area contributed by atoms with Crippen LogP contribution in [0.3, 0.4) is 0 Å². The van der Waals surface area contributed by atoms with Crippen molar-refractivity contribution in [3.8, 4) is 0 Å². The van der Waals surface area contributed by atoms with Crippen molar-refractivity contribution in [2.75, 3.05) is 6.26 Å². The van der Waals surface area contributed by atoms with Crippen LogP contribution in [0, 0.1) is 16.1 Å². The number of alkyl halides is 5. The number of amides is 1. The van der Waals surface area contributed by atoms with Crippen molar-refractivity contribution < 1.29 is 36.2 Å². The third kappa shape index (κ3) is 3.95. The highest BCUT2D eigenvalue weighted by atomic mass is 32.2. The number of carbonyl (C=O) groups excluding carboxylic acids is 1. The largest absolute Gasteiger partial charge is 0.428 e. The number of fused-ring (bicyclic) bond motifs is 1. The zero-order chi connectivity index (χ0) is 25.6. The minimum atomic E-state index is -4.97. The third-order valence-electron chi connectivity index (χ3n) is 7.08. The molecule has 0 aromatic carbocycles. The van der Waals surface area contributed by atoms with Crippen molar-refractivity contribution in [1.82, 2.24) is 14.5 Å². The van der Waals surface area contributed by atoms with E-state index in [9.17, 15) is 36.2 Å². The van der Waals surface area contributed by atoms with Crippen molar-refractivity contribution >= 4 is 15.6 Å². The van der Waals surface area contributed by atoms with Gasteiger partial charge in [-0.2, -0.15) is 23.0 Å². The molecule has 1 atom stereocenters. The maximum Gasteiger partial charge on any atom is 0.420 e. The van der Waals surface area contributed by atoms with Crippen LogP contribution in [0.5, 0.6) is 0 Å². The molecule has 0 radical (unpaired) electrons. The average Bonchev–Trinajstić information content (AvgIpc) is 3.35. The summed E-state index contributed by atoms with van der Waals surface area (Å²) >= 11 is 0. The zero-order valence-electron chi connectivity index (χ0n) is 18.5. The lowest BCUT2D eigenvalue weighted by Gasteiger charge is -2.40. The third-order valence-corrected chi connectivity index (χ3v) is 8.18. The second-order valence-electron chi connectivity index (χ2n) is 9.83. The van der Waals surface area contributed by atoms with Crippen LogP contribution in [0.2, 0.25) is 0 Å². The first kappa shape index (κ1) is 23.9. The van der Waals surface area contributed by atoms with Gasteiger partial charge in [0.2, 0.25) is 0 Å². The molecule has 14 heteroatoms. The molecule has 4 aliphatic rings. The smallest absolute Gasteiger partial charge is 0.420 e. The molecule has 1 amide bonds. The van der Waals surface area contributed by atoms with Crippen LogP contribution in [0.25, 0.3) is 0 Å². The molecule has 2 aromatic rings. The maximum absolute atomic E-state index is 14.7. The predicted molar refractivity (Wildman–Crippen MR) is 110 cm³/mol. The Morgan fingerprint density at radius 1 is 1.31 bits per heavy atom. The summed E-state index contributed by atoms with van der Waals surface area (Å²) < 4.78 is 92.6. The number of hydrogen-bond donors (Lipinski definition) is 2. The van der Waals surface area contributed by atoms with Crippen molar-refractivity contribution in [3.63, 3.8) is 0 Å². The molecule has 8 nitrogen and oxygen atoms in total. The van der Waals surface area contributed by atoms with E-state index < -0.39 is 61.9 Å². The van der Waals surface area contributed by atoms with Gasteiger partial charge in [-0.3, -0.25) is 9.48 Å². The van der Waals surface area contributed by atoms with Crippen molar-refractivity contribution in [2.24, 2.45) is 16.3 Å². The summed E-state index contributed by atoms with van der Waals surface area (Å²) in [6.07, 6.45) is -2.16. The molecular formula is C21H22F5N5O3S. The van der Waals surface area contributed by atoms with Gasteiger partial charge in [0.15, 0.2) is 5.03 Å². The van der Waals surface area contributed by atoms with E-state index in [1.165, 1.54) is 0 Å². The van der Waals surface area contributed by atoms with E-state index in [-0.39, 0.29) is 36.2 Å². The van der Waals surface area contributed by atoms with Crippen LogP contribution in [-0.4, -0.2) is 42.0 Å².